The van der Waals surface area contributed by atoms with E-state index in [0.717, 1.165) is 18.3 Å². The third kappa shape index (κ3) is 10.7. The van der Waals surface area contributed by atoms with E-state index in [2.05, 4.69) is 19.1 Å². The Morgan fingerprint density at radius 3 is 1.39 bits per heavy atom. The van der Waals surface area contributed by atoms with Gasteiger partial charge in [0.1, 0.15) is 6.61 Å². The van der Waals surface area contributed by atoms with Crippen LogP contribution in [0.3, 0.4) is 0 Å². The summed E-state index contributed by atoms with van der Waals surface area (Å²) in [5.74, 6) is 4.14. The molecule has 0 N–H and O–H groups in total. The smallest absolute Gasteiger partial charge is 0.312 e. The van der Waals surface area contributed by atoms with Gasteiger partial charge in [-0.2, -0.15) is 0 Å². The Labute approximate surface area is 263 Å². The van der Waals surface area contributed by atoms with Crippen LogP contribution in [0.5, 0.6) is 0 Å². The maximum atomic E-state index is 13.0. The first kappa shape index (κ1) is 35.7. The fourth-order valence-corrected chi connectivity index (χ4v) is 7.75. The lowest BCUT2D eigenvalue weighted by molar-refractivity contribution is -0.162. The lowest BCUT2D eigenvalue weighted by Crippen LogP contribution is -2.43. The summed E-state index contributed by atoms with van der Waals surface area (Å²) in [6, 6.07) is 0. The highest BCUT2D eigenvalue weighted by molar-refractivity contribution is 5.77. The van der Waals surface area contributed by atoms with Crippen molar-refractivity contribution in [2.45, 2.75) is 26.2 Å². The number of esters is 1. The van der Waals surface area contributed by atoms with E-state index in [1.807, 2.05) is 0 Å². The average Bonchev–Trinajstić information content (AvgIpc) is 3.81. The van der Waals surface area contributed by atoms with Crippen molar-refractivity contribution in [1.82, 2.24) is 0 Å². The predicted octanol–water partition coefficient (Wildman–Crippen LogP) is 2.79. The Kier molecular flexibility index (Phi) is 16.4. The molecule has 4 aliphatic carbocycles. The van der Waals surface area contributed by atoms with Gasteiger partial charge >= 0.3 is 5.97 Å². The van der Waals surface area contributed by atoms with Gasteiger partial charge in [0.25, 0.3) is 0 Å². The molecule has 4 aliphatic rings. The van der Waals surface area contributed by atoms with E-state index in [1.165, 1.54) is 12.8 Å². The van der Waals surface area contributed by atoms with Crippen molar-refractivity contribution in [3.63, 3.8) is 0 Å². The minimum atomic E-state index is -0.320. The normalized spacial score (nSPS) is 29.6. The first-order valence-corrected chi connectivity index (χ1v) is 16.6. The van der Waals surface area contributed by atoms with Gasteiger partial charge in [-0.05, 0) is 61.7 Å². The molecule has 0 saturated heterocycles. The molecule has 0 radical (unpaired) electrons. The third-order valence-electron chi connectivity index (χ3n) is 9.62. The Morgan fingerprint density at radius 2 is 0.955 bits per heavy atom. The van der Waals surface area contributed by atoms with Crippen molar-refractivity contribution >= 4 is 5.97 Å². The van der Waals surface area contributed by atoms with Crippen LogP contribution in [0.4, 0.5) is 0 Å². The Balaban J connectivity index is 0.831. The molecule has 0 heterocycles. The fraction of sp³-hybridized carbons (Fsp3) is 0.909. The van der Waals surface area contributed by atoms with Gasteiger partial charge in [-0.25, -0.2) is 0 Å². The largest absolute Gasteiger partial charge is 0.463 e. The number of fused-ring (bicyclic) bond motifs is 9. The van der Waals surface area contributed by atoms with Gasteiger partial charge in [0.15, 0.2) is 0 Å². The summed E-state index contributed by atoms with van der Waals surface area (Å²) >= 11 is 0. The summed E-state index contributed by atoms with van der Waals surface area (Å²) in [4.78, 5) is 13.0. The molecular formula is C33H56O11. The summed E-state index contributed by atoms with van der Waals surface area (Å²) in [5, 5.41) is 0. The van der Waals surface area contributed by atoms with Crippen LogP contribution in [0.2, 0.25) is 0 Å². The summed E-state index contributed by atoms with van der Waals surface area (Å²) in [6.45, 7) is 11.2. The summed E-state index contributed by atoms with van der Waals surface area (Å²) in [6.07, 6.45) is 8.36. The van der Waals surface area contributed by atoms with Crippen molar-refractivity contribution in [3.8, 4) is 0 Å². The van der Waals surface area contributed by atoms with Gasteiger partial charge < -0.3 is 47.4 Å². The second-order valence-corrected chi connectivity index (χ2v) is 12.4. The lowest BCUT2D eigenvalue weighted by atomic mass is 9.63. The molecular weight excluding hydrogens is 572 g/mol. The number of ether oxygens (including phenoxy) is 10. The Bertz CT molecular complexity index is 826. The Hall–Kier alpha value is -1.15. The molecule has 4 rings (SSSR count). The standard InChI is InChI=1S/C33H56O11/c1-33(25-28-24-29(33)31-27-4-3-26(23-27)30(28)31)32(34)44-22-21-43-20-19-42-18-17-41-16-15-40-14-13-39-12-11-38-10-9-37-8-7-36-6-5-35-2/h3-4,26-31H,5-25H2,1-2H3. The van der Waals surface area contributed by atoms with Crippen molar-refractivity contribution < 1.29 is 52.2 Å². The van der Waals surface area contributed by atoms with Gasteiger partial charge in [0.2, 0.25) is 0 Å². The minimum absolute atomic E-state index is 0.0250. The SMILES string of the molecule is COCCOCCOCCOCCOCCOCCOCCOCCOCCOC(=O)C1(C)CC2CC1C1C3C=CC(C3)C21. The van der Waals surface area contributed by atoms with Crippen molar-refractivity contribution in [2.24, 2.45) is 40.9 Å². The topological polar surface area (TPSA) is 109 Å². The number of hydrogen-bond donors (Lipinski definition) is 0. The van der Waals surface area contributed by atoms with Crippen molar-refractivity contribution in [3.05, 3.63) is 12.2 Å². The van der Waals surface area contributed by atoms with Crippen LogP contribution in [-0.2, 0) is 52.2 Å². The van der Waals surface area contributed by atoms with E-state index >= 15 is 0 Å². The van der Waals surface area contributed by atoms with Gasteiger partial charge in [-0.15, -0.1) is 0 Å². The predicted molar refractivity (Wildman–Crippen MR) is 161 cm³/mol. The number of allylic oxidation sites excluding steroid dienone is 2. The van der Waals surface area contributed by atoms with Gasteiger partial charge in [0.05, 0.1) is 118 Å². The van der Waals surface area contributed by atoms with E-state index in [9.17, 15) is 4.79 Å². The van der Waals surface area contributed by atoms with Crippen LogP contribution in [0.1, 0.15) is 26.2 Å². The van der Waals surface area contributed by atoms with Gasteiger partial charge in [-0.1, -0.05) is 12.2 Å². The number of hydrogen-bond acceptors (Lipinski definition) is 11. The molecule has 0 amide bonds. The first-order chi connectivity index (χ1) is 21.6. The zero-order valence-electron chi connectivity index (χ0n) is 27.0. The van der Waals surface area contributed by atoms with Crippen LogP contribution in [0, 0.1) is 40.9 Å². The molecule has 0 aromatic rings. The van der Waals surface area contributed by atoms with Crippen LogP contribution in [0.15, 0.2) is 12.2 Å². The minimum Gasteiger partial charge on any atom is -0.463 e. The number of methoxy groups -OCH3 is 1. The van der Waals surface area contributed by atoms with E-state index in [1.54, 1.807) is 7.11 Å². The van der Waals surface area contributed by atoms with Crippen LogP contribution in [-0.4, -0.2) is 132 Å². The molecule has 7 unspecified atom stereocenters. The van der Waals surface area contributed by atoms with E-state index < -0.39 is 0 Å². The number of carbonyl (C=O) groups is 1. The molecule has 11 heteroatoms. The van der Waals surface area contributed by atoms with E-state index in [-0.39, 0.29) is 11.4 Å². The zero-order valence-corrected chi connectivity index (χ0v) is 27.0. The number of rotatable bonds is 28. The van der Waals surface area contributed by atoms with Crippen LogP contribution < -0.4 is 0 Å². The molecule has 11 nitrogen and oxygen atoms in total. The van der Waals surface area contributed by atoms with Gasteiger partial charge in [-0.3, -0.25) is 4.79 Å². The molecule has 0 aliphatic heterocycles. The fourth-order valence-electron chi connectivity index (χ4n) is 7.75. The quantitative estimate of drug-likeness (QED) is 0.0552. The second-order valence-electron chi connectivity index (χ2n) is 12.4. The first-order valence-electron chi connectivity index (χ1n) is 16.6. The van der Waals surface area contributed by atoms with E-state index in [4.69, 9.17) is 47.4 Å². The molecule has 4 bridgehead atoms. The van der Waals surface area contributed by atoms with Crippen molar-refractivity contribution in [2.75, 3.05) is 126 Å². The molecule has 3 saturated carbocycles. The van der Waals surface area contributed by atoms with Crippen molar-refractivity contribution in [1.29, 1.82) is 0 Å². The van der Waals surface area contributed by atoms with E-state index in [0.29, 0.717) is 143 Å². The molecule has 0 aromatic heterocycles. The maximum absolute atomic E-state index is 13.0. The highest BCUT2D eigenvalue weighted by Crippen LogP contribution is 2.70. The monoisotopic (exact) mass is 628 g/mol. The van der Waals surface area contributed by atoms with Gasteiger partial charge in [0, 0.05) is 7.11 Å². The third-order valence-corrected chi connectivity index (χ3v) is 9.62. The number of carbonyl (C=O) groups excluding carboxylic acids is 1. The maximum Gasteiger partial charge on any atom is 0.312 e. The molecule has 7 atom stereocenters. The average molecular weight is 629 g/mol. The Morgan fingerprint density at radius 1 is 0.568 bits per heavy atom. The summed E-state index contributed by atoms with van der Waals surface area (Å²) < 4.78 is 54.3. The molecule has 3 fully saturated rings. The molecule has 0 spiro atoms. The summed E-state index contributed by atoms with van der Waals surface area (Å²) in [7, 11) is 1.65. The highest BCUT2D eigenvalue weighted by atomic mass is 16.6. The zero-order chi connectivity index (χ0) is 30.9. The lowest BCUT2D eigenvalue weighted by Gasteiger charge is -2.41. The summed E-state index contributed by atoms with van der Waals surface area (Å²) in [5.41, 5.74) is -0.320. The second kappa shape index (κ2) is 20.2. The molecule has 254 valence electrons. The van der Waals surface area contributed by atoms with Crippen LogP contribution in [0.25, 0.3) is 0 Å². The molecule has 0 aromatic carbocycles. The van der Waals surface area contributed by atoms with Crippen LogP contribution >= 0.6 is 0 Å². The molecule has 44 heavy (non-hydrogen) atoms. The highest BCUT2D eigenvalue weighted by Gasteiger charge is 2.67.